The second-order valence-corrected chi connectivity index (χ2v) is 9.75. The van der Waals surface area contributed by atoms with Crippen LogP contribution in [0.2, 0.25) is 0 Å². The van der Waals surface area contributed by atoms with Gasteiger partial charge in [-0.3, -0.25) is 19.3 Å². The summed E-state index contributed by atoms with van der Waals surface area (Å²) in [4.78, 5) is 42.8. The second kappa shape index (κ2) is 7.77. The van der Waals surface area contributed by atoms with Gasteiger partial charge < -0.3 is 5.32 Å². The molecular formula is C28H30N2O3. The highest BCUT2D eigenvalue weighted by Gasteiger charge is 2.78. The van der Waals surface area contributed by atoms with Crippen LogP contribution in [-0.2, 0) is 14.4 Å². The number of carbonyl (C=O) groups excluding carboxylic acids is 3. The smallest absolute Gasteiger partial charge is 0.234 e. The summed E-state index contributed by atoms with van der Waals surface area (Å²) in [6.07, 6.45) is 0.989. The summed E-state index contributed by atoms with van der Waals surface area (Å²) in [6, 6.07) is 19.7. The quantitative estimate of drug-likeness (QED) is 0.523. The van der Waals surface area contributed by atoms with E-state index in [9.17, 15) is 14.4 Å². The van der Waals surface area contributed by atoms with Gasteiger partial charge in [0.15, 0.2) is 5.78 Å². The zero-order chi connectivity index (χ0) is 23.4. The van der Waals surface area contributed by atoms with Crippen molar-refractivity contribution in [2.75, 3.05) is 19.6 Å². The lowest BCUT2D eigenvalue weighted by molar-refractivity contribution is -0.144. The molecule has 1 heterocycles. The molecule has 1 aliphatic heterocycles. The van der Waals surface area contributed by atoms with Crippen LogP contribution in [0.5, 0.6) is 0 Å². The number of Topliss-reactive ketones (excluding diaryl/α,β-unsaturated/α-hetero) is 1. The first-order chi connectivity index (χ1) is 15.9. The molecule has 33 heavy (non-hydrogen) atoms. The van der Waals surface area contributed by atoms with E-state index in [-0.39, 0.29) is 17.6 Å². The van der Waals surface area contributed by atoms with Gasteiger partial charge in [-0.1, -0.05) is 67.6 Å². The zero-order valence-corrected chi connectivity index (χ0v) is 19.4. The van der Waals surface area contributed by atoms with E-state index in [1.165, 1.54) is 4.90 Å². The van der Waals surface area contributed by atoms with Crippen LogP contribution in [-0.4, -0.2) is 42.1 Å². The molecule has 5 heteroatoms. The van der Waals surface area contributed by atoms with Crippen LogP contribution in [0, 0.1) is 22.7 Å². The highest BCUT2D eigenvalue weighted by atomic mass is 16.2. The third-order valence-corrected chi connectivity index (χ3v) is 7.94. The van der Waals surface area contributed by atoms with Crippen LogP contribution in [0.25, 0.3) is 11.1 Å². The number of carbonyl (C=O) groups is 3. The Balaban J connectivity index is 1.68. The van der Waals surface area contributed by atoms with Crippen LogP contribution in [0.1, 0.15) is 38.3 Å². The molecule has 4 atom stereocenters. The highest BCUT2D eigenvalue weighted by molar-refractivity contribution is 6.29. The molecule has 3 aliphatic rings. The number of hydrogen-bond acceptors (Lipinski definition) is 4. The molecule has 4 unspecified atom stereocenters. The van der Waals surface area contributed by atoms with Gasteiger partial charge in [0.2, 0.25) is 11.8 Å². The van der Waals surface area contributed by atoms with E-state index in [1.807, 2.05) is 74.5 Å². The molecule has 2 aromatic carbocycles. The monoisotopic (exact) mass is 442 g/mol. The maximum absolute atomic E-state index is 14.1. The summed E-state index contributed by atoms with van der Waals surface area (Å²) in [5.41, 5.74) is 1.61. The van der Waals surface area contributed by atoms with Gasteiger partial charge in [0, 0.05) is 13.1 Å². The number of nitrogens with zero attached hydrogens (tertiary/aromatic N) is 1. The van der Waals surface area contributed by atoms with Crippen LogP contribution in [0.3, 0.4) is 0 Å². The molecule has 0 radical (unpaired) electrons. The summed E-state index contributed by atoms with van der Waals surface area (Å²) < 4.78 is 0. The third kappa shape index (κ3) is 2.78. The van der Waals surface area contributed by atoms with Gasteiger partial charge in [-0.15, -0.1) is 0 Å². The number of hydrogen-bond donors (Lipinski definition) is 1. The molecule has 1 N–H and O–H groups in total. The molecule has 2 fully saturated rings. The van der Waals surface area contributed by atoms with E-state index < -0.39 is 22.7 Å². The lowest BCUT2D eigenvalue weighted by Crippen LogP contribution is -2.42. The first kappa shape index (κ1) is 21.8. The van der Waals surface area contributed by atoms with Crippen LogP contribution >= 0.6 is 0 Å². The van der Waals surface area contributed by atoms with E-state index in [2.05, 4.69) is 12.2 Å². The van der Waals surface area contributed by atoms with Crippen molar-refractivity contribution in [1.82, 2.24) is 10.2 Å². The van der Waals surface area contributed by atoms with Crippen molar-refractivity contribution < 1.29 is 14.4 Å². The number of imide groups is 1. The number of rotatable bonds is 7. The van der Waals surface area contributed by atoms with E-state index in [0.29, 0.717) is 13.1 Å². The minimum atomic E-state index is -1.04. The molecule has 5 rings (SSSR count). The SMILES string of the molecule is CCCNCCN1C(=O)C2C(C1=O)C1(C)C(=O)C2(C)C(c2ccccc2)=C1c1ccccc1. The number of amides is 2. The number of benzene rings is 2. The predicted molar refractivity (Wildman–Crippen MR) is 128 cm³/mol. The average Bonchev–Trinajstić information content (AvgIpc) is 3.27. The summed E-state index contributed by atoms with van der Waals surface area (Å²) in [6.45, 7) is 7.61. The minimum absolute atomic E-state index is 0.00633. The molecule has 2 amide bonds. The van der Waals surface area contributed by atoms with Gasteiger partial charge in [0.25, 0.3) is 0 Å². The maximum Gasteiger partial charge on any atom is 0.234 e. The van der Waals surface area contributed by atoms with Crippen molar-refractivity contribution in [3.8, 4) is 0 Å². The topological polar surface area (TPSA) is 66.5 Å². The Morgan fingerprint density at radius 3 is 1.64 bits per heavy atom. The fourth-order valence-corrected chi connectivity index (χ4v) is 6.58. The largest absolute Gasteiger partial charge is 0.315 e. The fraction of sp³-hybridized carbons (Fsp3) is 0.393. The van der Waals surface area contributed by atoms with E-state index in [0.717, 1.165) is 35.2 Å². The number of nitrogens with one attached hydrogen (secondary N) is 1. The Kier molecular flexibility index (Phi) is 5.13. The highest BCUT2D eigenvalue weighted by Crippen LogP contribution is 2.73. The molecule has 1 saturated heterocycles. The second-order valence-electron chi connectivity index (χ2n) is 9.75. The van der Waals surface area contributed by atoms with Crippen molar-refractivity contribution >= 4 is 28.7 Å². The summed E-state index contributed by atoms with van der Waals surface area (Å²) in [7, 11) is 0. The van der Waals surface area contributed by atoms with E-state index >= 15 is 0 Å². The normalized spacial score (nSPS) is 30.5. The van der Waals surface area contributed by atoms with Crippen molar-refractivity contribution in [1.29, 1.82) is 0 Å². The Hall–Kier alpha value is -3.05. The Morgan fingerprint density at radius 1 is 0.758 bits per heavy atom. The number of allylic oxidation sites excluding steroid dienone is 2. The maximum atomic E-state index is 14.1. The average molecular weight is 443 g/mol. The Morgan fingerprint density at radius 2 is 1.21 bits per heavy atom. The summed E-state index contributed by atoms with van der Waals surface area (Å²) in [5.74, 6) is -1.73. The van der Waals surface area contributed by atoms with Crippen LogP contribution < -0.4 is 5.32 Å². The van der Waals surface area contributed by atoms with Crippen molar-refractivity contribution in [3.63, 3.8) is 0 Å². The lowest BCUT2D eigenvalue weighted by atomic mass is 9.63. The van der Waals surface area contributed by atoms with E-state index in [4.69, 9.17) is 0 Å². The zero-order valence-electron chi connectivity index (χ0n) is 19.4. The standard InChI is InChI=1S/C28H30N2O3/c1-4-15-29-16-17-30-24(31)22-23(25(30)32)28(3)21(19-13-9-6-10-14-19)20(27(22,2)26(28)33)18-11-7-5-8-12-18/h5-14,22-23,29H,4,15-17H2,1-3H3. The predicted octanol–water partition coefficient (Wildman–Crippen LogP) is 3.81. The van der Waals surface area contributed by atoms with Crippen molar-refractivity contribution in [3.05, 3.63) is 71.8 Å². The molecule has 2 aromatic rings. The first-order valence-electron chi connectivity index (χ1n) is 11.8. The molecule has 170 valence electrons. The van der Waals surface area contributed by atoms with Gasteiger partial charge in [-0.25, -0.2) is 0 Å². The van der Waals surface area contributed by atoms with Crippen molar-refractivity contribution in [2.45, 2.75) is 27.2 Å². The van der Waals surface area contributed by atoms with Gasteiger partial charge in [-0.2, -0.15) is 0 Å². The Bertz CT molecular complexity index is 1070. The molecule has 2 aliphatic carbocycles. The Labute approximate surface area is 194 Å². The van der Waals surface area contributed by atoms with Crippen molar-refractivity contribution in [2.24, 2.45) is 22.7 Å². The fourth-order valence-electron chi connectivity index (χ4n) is 6.58. The van der Waals surface area contributed by atoms with Gasteiger partial charge in [0.1, 0.15) is 0 Å². The molecule has 0 spiro atoms. The molecular weight excluding hydrogens is 412 g/mol. The van der Waals surface area contributed by atoms with Gasteiger partial charge in [-0.05, 0) is 49.1 Å². The van der Waals surface area contributed by atoms with E-state index in [1.54, 1.807) is 0 Å². The van der Waals surface area contributed by atoms with Gasteiger partial charge in [0.05, 0.1) is 22.7 Å². The number of likely N-dealkylation sites (tertiary alicyclic amines) is 1. The third-order valence-electron chi connectivity index (χ3n) is 7.94. The number of ketones is 1. The molecule has 1 saturated carbocycles. The van der Waals surface area contributed by atoms with Gasteiger partial charge >= 0.3 is 0 Å². The molecule has 0 aromatic heterocycles. The lowest BCUT2D eigenvalue weighted by Gasteiger charge is -2.35. The molecule has 2 bridgehead atoms. The minimum Gasteiger partial charge on any atom is -0.315 e. The number of fused-ring (bicyclic) bond motifs is 5. The summed E-state index contributed by atoms with van der Waals surface area (Å²) in [5, 5.41) is 3.28. The first-order valence-corrected chi connectivity index (χ1v) is 11.8. The van der Waals surface area contributed by atoms with Crippen LogP contribution in [0.15, 0.2) is 60.7 Å². The van der Waals surface area contributed by atoms with Crippen LogP contribution in [0.4, 0.5) is 0 Å². The summed E-state index contributed by atoms with van der Waals surface area (Å²) >= 11 is 0. The molecule has 5 nitrogen and oxygen atoms in total.